The molecule has 1 atom stereocenters. The molecule has 1 aliphatic rings. The van der Waals surface area contributed by atoms with Crippen LogP contribution >= 0.6 is 11.3 Å². The SMILES string of the molecule is CC(c1nc2ccccc2s1)N1CCN(C(=O)c2n[nH]c(=O)c3ccccc23)CC1. The largest absolute Gasteiger partial charge is 0.335 e. The second-order valence-corrected chi connectivity index (χ2v) is 8.53. The highest BCUT2D eigenvalue weighted by Gasteiger charge is 2.28. The number of thiazole rings is 1. The number of carbonyl (C=O) groups is 1. The van der Waals surface area contributed by atoms with Crippen molar-refractivity contribution in [3.8, 4) is 0 Å². The molecule has 7 nitrogen and oxygen atoms in total. The lowest BCUT2D eigenvalue weighted by atomic mass is 10.1. The van der Waals surface area contributed by atoms with E-state index in [4.69, 9.17) is 4.98 Å². The minimum Gasteiger partial charge on any atom is -0.335 e. The molecule has 152 valence electrons. The molecule has 0 aliphatic carbocycles. The fourth-order valence-electron chi connectivity index (χ4n) is 3.96. The quantitative estimate of drug-likeness (QED) is 0.552. The molecule has 5 rings (SSSR count). The fraction of sp³-hybridized carbons (Fsp3) is 0.273. The van der Waals surface area contributed by atoms with Crippen LogP contribution in [0.5, 0.6) is 0 Å². The number of carbonyl (C=O) groups excluding carboxylic acids is 1. The zero-order chi connectivity index (χ0) is 20.7. The number of H-pyrrole nitrogens is 1. The molecule has 2 aromatic heterocycles. The summed E-state index contributed by atoms with van der Waals surface area (Å²) in [5, 5.41) is 8.69. The average molecular weight is 420 g/mol. The first-order valence-corrected chi connectivity index (χ1v) is 10.8. The highest BCUT2D eigenvalue weighted by molar-refractivity contribution is 7.18. The summed E-state index contributed by atoms with van der Waals surface area (Å²) in [5.74, 6) is -0.144. The first-order valence-electron chi connectivity index (χ1n) is 9.98. The normalized spacial score (nSPS) is 16.2. The predicted octanol–water partition coefficient (Wildman–Crippen LogP) is 3.05. The molecule has 0 spiro atoms. The monoisotopic (exact) mass is 419 g/mol. The Kier molecular flexibility index (Phi) is 4.80. The van der Waals surface area contributed by atoms with Crippen LogP contribution in [0.15, 0.2) is 53.3 Å². The highest BCUT2D eigenvalue weighted by Crippen LogP contribution is 2.30. The first kappa shape index (κ1) is 18.9. The van der Waals surface area contributed by atoms with Crippen molar-refractivity contribution in [3.63, 3.8) is 0 Å². The van der Waals surface area contributed by atoms with Gasteiger partial charge in [0.2, 0.25) is 0 Å². The Morgan fingerprint density at radius 1 is 1.03 bits per heavy atom. The lowest BCUT2D eigenvalue weighted by molar-refractivity contribution is 0.0577. The van der Waals surface area contributed by atoms with Crippen LogP contribution in [0.3, 0.4) is 0 Å². The Hall–Kier alpha value is -3.10. The number of hydrogen-bond acceptors (Lipinski definition) is 6. The lowest BCUT2D eigenvalue weighted by Crippen LogP contribution is -2.49. The van der Waals surface area contributed by atoms with E-state index in [1.165, 1.54) is 4.70 Å². The van der Waals surface area contributed by atoms with Crippen LogP contribution in [-0.2, 0) is 0 Å². The predicted molar refractivity (Wildman–Crippen MR) is 118 cm³/mol. The van der Waals surface area contributed by atoms with Crippen molar-refractivity contribution in [2.75, 3.05) is 26.2 Å². The van der Waals surface area contributed by atoms with Gasteiger partial charge in [0.25, 0.3) is 11.5 Å². The summed E-state index contributed by atoms with van der Waals surface area (Å²) in [5.41, 5.74) is 1.06. The Morgan fingerprint density at radius 3 is 2.50 bits per heavy atom. The Bertz CT molecular complexity index is 1260. The second kappa shape index (κ2) is 7.62. The summed E-state index contributed by atoms with van der Waals surface area (Å²) < 4.78 is 1.20. The van der Waals surface area contributed by atoms with Crippen molar-refractivity contribution < 1.29 is 4.79 Å². The van der Waals surface area contributed by atoms with E-state index >= 15 is 0 Å². The number of hydrogen-bond donors (Lipinski definition) is 1. The lowest BCUT2D eigenvalue weighted by Gasteiger charge is -2.37. The third kappa shape index (κ3) is 3.28. The molecular weight excluding hydrogens is 398 g/mol. The molecular formula is C22H21N5O2S. The molecule has 8 heteroatoms. The van der Waals surface area contributed by atoms with Crippen LogP contribution in [0.25, 0.3) is 21.0 Å². The highest BCUT2D eigenvalue weighted by atomic mass is 32.1. The van der Waals surface area contributed by atoms with Crippen LogP contribution in [-0.4, -0.2) is 57.1 Å². The summed E-state index contributed by atoms with van der Waals surface area (Å²) in [4.78, 5) is 34.1. The maximum Gasteiger partial charge on any atom is 0.275 e. The Labute approximate surface area is 177 Å². The van der Waals surface area contributed by atoms with Crippen LogP contribution in [0.2, 0.25) is 0 Å². The summed E-state index contributed by atoms with van der Waals surface area (Å²) >= 11 is 1.73. The maximum absolute atomic E-state index is 13.1. The van der Waals surface area contributed by atoms with E-state index in [0.717, 1.165) is 23.6 Å². The maximum atomic E-state index is 13.1. The van der Waals surface area contributed by atoms with Gasteiger partial charge in [-0.1, -0.05) is 30.3 Å². The number of aromatic amines is 1. The number of rotatable bonds is 3. The summed E-state index contributed by atoms with van der Waals surface area (Å²) in [6.07, 6.45) is 0. The van der Waals surface area contributed by atoms with Gasteiger partial charge in [-0.05, 0) is 25.1 Å². The number of amides is 1. The number of para-hydroxylation sites is 1. The summed E-state index contributed by atoms with van der Waals surface area (Å²) in [6, 6.07) is 15.5. The van der Waals surface area contributed by atoms with Crippen molar-refractivity contribution in [1.29, 1.82) is 0 Å². The second-order valence-electron chi connectivity index (χ2n) is 7.47. The van der Waals surface area contributed by atoms with Gasteiger partial charge in [-0.15, -0.1) is 11.3 Å². The van der Waals surface area contributed by atoms with Crippen molar-refractivity contribution in [2.24, 2.45) is 0 Å². The van der Waals surface area contributed by atoms with Gasteiger partial charge in [-0.3, -0.25) is 14.5 Å². The van der Waals surface area contributed by atoms with E-state index < -0.39 is 0 Å². The number of nitrogens with zero attached hydrogens (tertiary/aromatic N) is 4. The van der Waals surface area contributed by atoms with Crippen molar-refractivity contribution in [2.45, 2.75) is 13.0 Å². The minimum absolute atomic E-state index is 0.144. The van der Waals surface area contributed by atoms with E-state index in [9.17, 15) is 9.59 Å². The third-order valence-electron chi connectivity index (χ3n) is 5.72. The van der Waals surface area contributed by atoms with Crippen LogP contribution in [0.1, 0.15) is 28.5 Å². The molecule has 1 aliphatic heterocycles. The number of fused-ring (bicyclic) bond motifs is 2. The number of piperazine rings is 1. The number of aromatic nitrogens is 3. The Morgan fingerprint density at radius 2 is 1.73 bits per heavy atom. The topological polar surface area (TPSA) is 82.2 Å². The zero-order valence-corrected chi connectivity index (χ0v) is 17.4. The van der Waals surface area contributed by atoms with Crippen molar-refractivity contribution in [1.82, 2.24) is 25.0 Å². The van der Waals surface area contributed by atoms with E-state index in [1.807, 2.05) is 29.2 Å². The van der Waals surface area contributed by atoms with Crippen LogP contribution in [0.4, 0.5) is 0 Å². The fourth-order valence-corrected chi connectivity index (χ4v) is 5.02. The van der Waals surface area contributed by atoms with Crippen LogP contribution in [0, 0.1) is 0 Å². The number of benzene rings is 2. The van der Waals surface area contributed by atoms with Gasteiger partial charge in [-0.25, -0.2) is 10.1 Å². The molecule has 1 fully saturated rings. The molecule has 0 bridgehead atoms. The number of nitrogens with one attached hydrogen (secondary N) is 1. The molecule has 1 saturated heterocycles. The van der Waals surface area contributed by atoms with Crippen molar-refractivity contribution in [3.05, 3.63) is 69.6 Å². The zero-order valence-electron chi connectivity index (χ0n) is 16.5. The molecule has 1 N–H and O–H groups in total. The van der Waals surface area contributed by atoms with Gasteiger partial charge in [0.05, 0.1) is 21.6 Å². The van der Waals surface area contributed by atoms with Crippen molar-refractivity contribution >= 4 is 38.2 Å². The molecule has 30 heavy (non-hydrogen) atoms. The molecule has 1 unspecified atom stereocenters. The molecule has 3 heterocycles. The van der Waals surface area contributed by atoms with Gasteiger partial charge in [-0.2, -0.15) is 5.10 Å². The Balaban J connectivity index is 1.32. The summed E-state index contributed by atoms with van der Waals surface area (Å²) in [6.45, 7) is 4.94. The molecule has 1 amide bonds. The first-order chi connectivity index (χ1) is 14.6. The standard InChI is InChI=1S/C22H21N5O2S/c1-14(21-23-17-8-4-5-9-18(17)30-21)26-10-12-27(13-11-26)22(29)19-15-6-2-3-7-16(15)20(28)25-24-19/h2-9,14H,10-13H2,1H3,(H,25,28). The minimum atomic E-state index is -0.281. The van der Waals surface area contributed by atoms with Gasteiger partial charge < -0.3 is 4.90 Å². The average Bonchev–Trinajstić information content (AvgIpc) is 3.23. The van der Waals surface area contributed by atoms with E-state index in [1.54, 1.807) is 29.5 Å². The van der Waals surface area contributed by atoms with E-state index in [0.29, 0.717) is 29.6 Å². The van der Waals surface area contributed by atoms with Gasteiger partial charge in [0.15, 0.2) is 5.69 Å². The van der Waals surface area contributed by atoms with Gasteiger partial charge >= 0.3 is 0 Å². The van der Waals surface area contributed by atoms with E-state index in [2.05, 4.69) is 28.1 Å². The summed E-state index contributed by atoms with van der Waals surface area (Å²) in [7, 11) is 0. The van der Waals surface area contributed by atoms with E-state index in [-0.39, 0.29) is 17.5 Å². The van der Waals surface area contributed by atoms with Gasteiger partial charge in [0.1, 0.15) is 5.01 Å². The molecule has 4 aromatic rings. The molecule has 0 radical (unpaired) electrons. The third-order valence-corrected chi connectivity index (χ3v) is 6.92. The molecule has 2 aromatic carbocycles. The van der Waals surface area contributed by atoms with Gasteiger partial charge in [0, 0.05) is 31.6 Å². The van der Waals surface area contributed by atoms with Crippen LogP contribution < -0.4 is 5.56 Å². The molecule has 0 saturated carbocycles. The smallest absolute Gasteiger partial charge is 0.275 e.